The molecule has 0 aromatic carbocycles. The lowest BCUT2D eigenvalue weighted by molar-refractivity contribution is -0.00452. The van der Waals surface area contributed by atoms with Gasteiger partial charge in [0.15, 0.2) is 0 Å². The molecular weight excluding hydrogens is 412 g/mol. The van der Waals surface area contributed by atoms with Gasteiger partial charge in [-0.3, -0.25) is 0 Å². The minimum atomic E-state index is 0.0503. The zero-order chi connectivity index (χ0) is 27.2. The van der Waals surface area contributed by atoms with Gasteiger partial charge in [0.1, 0.15) is 0 Å². The second kappa shape index (κ2) is 22.3. The normalized spacial score (nSPS) is 12.0. The van der Waals surface area contributed by atoms with Crippen molar-refractivity contribution in [1.29, 1.82) is 0 Å². The highest BCUT2D eigenvalue weighted by molar-refractivity contribution is 4.59. The average molecular weight is 479 g/mol. The van der Waals surface area contributed by atoms with Gasteiger partial charge in [0.05, 0.1) is 22.4 Å². The van der Waals surface area contributed by atoms with Crippen molar-refractivity contribution >= 4 is 0 Å². The molecule has 0 heterocycles. The third-order valence-electron chi connectivity index (χ3n) is 3.38. The molecule has 0 unspecified atom stereocenters. The predicted octanol–water partition coefficient (Wildman–Crippen LogP) is 9.24. The molecule has 0 rings (SSSR count). The van der Waals surface area contributed by atoms with Crippen LogP contribution < -0.4 is 0 Å². The van der Waals surface area contributed by atoms with Gasteiger partial charge in [0, 0.05) is 26.4 Å². The first-order chi connectivity index (χ1) is 14.7. The number of hydrogen-bond acceptors (Lipinski definition) is 4. The van der Waals surface area contributed by atoms with Crippen molar-refractivity contribution in [3.63, 3.8) is 0 Å². The minimum Gasteiger partial charge on any atom is -0.376 e. The van der Waals surface area contributed by atoms with E-state index in [1.807, 2.05) is 6.92 Å². The van der Waals surface area contributed by atoms with Crippen LogP contribution in [0.5, 0.6) is 0 Å². The van der Waals surface area contributed by atoms with Crippen LogP contribution in [0.25, 0.3) is 0 Å². The summed E-state index contributed by atoms with van der Waals surface area (Å²) in [5.74, 6) is 0. The zero-order valence-corrected chi connectivity index (χ0v) is 26.0. The molecule has 206 valence electrons. The predicted molar refractivity (Wildman–Crippen MR) is 149 cm³/mol. The minimum absolute atomic E-state index is 0.0503. The average Bonchev–Trinajstić information content (AvgIpc) is 2.58. The van der Waals surface area contributed by atoms with Gasteiger partial charge < -0.3 is 18.9 Å². The Bertz CT molecular complexity index is 345. The van der Waals surface area contributed by atoms with Gasteiger partial charge in [-0.05, 0) is 109 Å². The van der Waals surface area contributed by atoms with Crippen LogP contribution in [-0.2, 0) is 18.9 Å². The van der Waals surface area contributed by atoms with Crippen molar-refractivity contribution in [2.75, 3.05) is 26.4 Å². The Morgan fingerprint density at radius 2 is 0.636 bits per heavy atom. The Kier molecular flexibility index (Phi) is 27.1. The highest BCUT2D eigenvalue weighted by Crippen LogP contribution is 2.08. The van der Waals surface area contributed by atoms with Crippen LogP contribution >= 0.6 is 0 Å². The van der Waals surface area contributed by atoms with Crippen LogP contribution in [0.3, 0.4) is 0 Å². The molecule has 0 amide bonds. The van der Waals surface area contributed by atoms with E-state index in [0.717, 1.165) is 32.8 Å². The van der Waals surface area contributed by atoms with Crippen molar-refractivity contribution in [1.82, 2.24) is 0 Å². The van der Waals surface area contributed by atoms with E-state index < -0.39 is 0 Å². The van der Waals surface area contributed by atoms with Crippen molar-refractivity contribution < 1.29 is 18.9 Å². The van der Waals surface area contributed by atoms with Crippen LogP contribution in [0.2, 0.25) is 0 Å². The molecular formula is C29H66O4. The molecule has 0 fully saturated rings. The van der Waals surface area contributed by atoms with E-state index in [4.69, 9.17) is 18.9 Å². The van der Waals surface area contributed by atoms with E-state index in [0.29, 0.717) is 0 Å². The molecule has 4 heteroatoms. The van der Waals surface area contributed by atoms with Crippen molar-refractivity contribution in [3.05, 3.63) is 0 Å². The topological polar surface area (TPSA) is 36.9 Å². The molecule has 0 aromatic heterocycles. The van der Waals surface area contributed by atoms with Crippen LogP contribution in [0.15, 0.2) is 0 Å². The quantitative estimate of drug-likeness (QED) is 0.309. The smallest absolute Gasteiger partial charge is 0.0598 e. The standard InChI is InChI=1S/2C8H18O.C7H16O.C6H14O/c2*1-5-6-7-9-8(2,3)4;1-5-6-8-7(2,3)4;1-5-7-6(2,3)4/h2*5-7H2,1-4H3;5-6H2,1-4H3;5H2,1-4H3. The number of unbranched alkanes of at least 4 members (excludes halogenated alkanes) is 2. The zero-order valence-electron chi connectivity index (χ0n) is 26.0. The summed E-state index contributed by atoms with van der Waals surface area (Å²) in [6.45, 7) is 36.8. The monoisotopic (exact) mass is 478 g/mol. The Balaban J connectivity index is -0.000000171. The van der Waals surface area contributed by atoms with E-state index in [1.54, 1.807) is 0 Å². The molecule has 0 aliphatic rings. The van der Waals surface area contributed by atoms with Crippen molar-refractivity contribution in [3.8, 4) is 0 Å². The van der Waals surface area contributed by atoms with Crippen LogP contribution in [0.4, 0.5) is 0 Å². The van der Waals surface area contributed by atoms with Gasteiger partial charge in [-0.2, -0.15) is 0 Å². The van der Waals surface area contributed by atoms with Crippen LogP contribution in [0, 0.1) is 0 Å². The summed E-state index contributed by atoms with van der Waals surface area (Å²) < 4.78 is 21.5. The lowest BCUT2D eigenvalue weighted by atomic mass is 10.2. The first-order valence-electron chi connectivity index (χ1n) is 13.3. The van der Waals surface area contributed by atoms with Gasteiger partial charge in [-0.25, -0.2) is 0 Å². The molecule has 0 saturated heterocycles. The molecule has 4 nitrogen and oxygen atoms in total. The highest BCUT2D eigenvalue weighted by Gasteiger charge is 2.09. The van der Waals surface area contributed by atoms with Gasteiger partial charge in [-0.1, -0.05) is 33.6 Å². The molecule has 0 bridgehead atoms. The number of hydrogen-bond donors (Lipinski definition) is 0. The summed E-state index contributed by atoms with van der Waals surface area (Å²) in [6, 6.07) is 0. The third-order valence-corrected chi connectivity index (χ3v) is 3.38. The maximum atomic E-state index is 5.47. The van der Waals surface area contributed by atoms with E-state index in [-0.39, 0.29) is 22.4 Å². The summed E-state index contributed by atoms with van der Waals surface area (Å²) in [7, 11) is 0. The fourth-order valence-electron chi connectivity index (χ4n) is 1.89. The van der Waals surface area contributed by atoms with Crippen LogP contribution in [0.1, 0.15) is 143 Å². The molecule has 0 N–H and O–H groups in total. The van der Waals surface area contributed by atoms with E-state index >= 15 is 0 Å². The largest absolute Gasteiger partial charge is 0.376 e. The molecule has 33 heavy (non-hydrogen) atoms. The van der Waals surface area contributed by atoms with E-state index in [1.165, 1.54) is 25.7 Å². The van der Waals surface area contributed by atoms with Crippen molar-refractivity contribution in [2.24, 2.45) is 0 Å². The Hall–Kier alpha value is -0.160. The molecule has 0 aliphatic heterocycles. The lowest BCUT2D eigenvalue weighted by Gasteiger charge is -2.18. The molecule has 0 radical (unpaired) electrons. The summed E-state index contributed by atoms with van der Waals surface area (Å²) in [5, 5.41) is 0. The molecule has 0 atom stereocenters. The number of ether oxygens (including phenoxy) is 4. The maximum absolute atomic E-state index is 5.47. The molecule has 0 spiro atoms. The summed E-state index contributed by atoms with van der Waals surface area (Å²) in [6.07, 6.45) is 5.90. The van der Waals surface area contributed by atoms with Gasteiger partial charge in [-0.15, -0.1) is 0 Å². The first kappa shape index (κ1) is 40.0. The molecule has 0 saturated carbocycles. The number of rotatable bonds is 9. The highest BCUT2D eigenvalue weighted by atomic mass is 16.5. The van der Waals surface area contributed by atoms with E-state index in [9.17, 15) is 0 Å². The summed E-state index contributed by atoms with van der Waals surface area (Å²) >= 11 is 0. The SMILES string of the molecule is CCCCOC(C)(C)C.CCCCOC(C)(C)C.CCCOC(C)(C)C.CCOC(C)(C)C. The fraction of sp³-hybridized carbons (Fsp3) is 1.00. The summed E-state index contributed by atoms with van der Waals surface area (Å²) in [5.41, 5.74) is 0.203. The second-order valence-electron chi connectivity index (χ2n) is 12.1. The maximum Gasteiger partial charge on any atom is 0.0598 e. The Morgan fingerprint density at radius 1 is 0.364 bits per heavy atom. The molecule has 0 aliphatic carbocycles. The first-order valence-corrected chi connectivity index (χ1v) is 13.3. The molecule has 0 aromatic rings. The van der Waals surface area contributed by atoms with Crippen molar-refractivity contribution in [2.45, 2.75) is 165 Å². The van der Waals surface area contributed by atoms with Crippen LogP contribution in [-0.4, -0.2) is 48.8 Å². The van der Waals surface area contributed by atoms with Gasteiger partial charge in [0.25, 0.3) is 0 Å². The third kappa shape index (κ3) is 65.3. The van der Waals surface area contributed by atoms with E-state index in [2.05, 4.69) is 104 Å². The Labute approximate surface area is 210 Å². The summed E-state index contributed by atoms with van der Waals surface area (Å²) in [4.78, 5) is 0. The lowest BCUT2D eigenvalue weighted by Crippen LogP contribution is -2.19. The second-order valence-corrected chi connectivity index (χ2v) is 12.1. The Morgan fingerprint density at radius 3 is 0.758 bits per heavy atom. The fourth-order valence-corrected chi connectivity index (χ4v) is 1.89. The van der Waals surface area contributed by atoms with Gasteiger partial charge >= 0.3 is 0 Å². The van der Waals surface area contributed by atoms with Gasteiger partial charge in [0.2, 0.25) is 0 Å².